The number of nitrogens with zero attached hydrogens (tertiary/aromatic N) is 2. The summed E-state index contributed by atoms with van der Waals surface area (Å²) in [6, 6.07) is 18.7. The van der Waals surface area contributed by atoms with Gasteiger partial charge in [0.05, 0.1) is 30.3 Å². The van der Waals surface area contributed by atoms with Crippen LogP contribution in [-0.4, -0.2) is 28.4 Å². The van der Waals surface area contributed by atoms with Gasteiger partial charge in [-0.15, -0.1) is 0 Å². The number of hydrogen-bond acceptors (Lipinski definition) is 4. The minimum atomic E-state index is 0.727. The molecule has 4 rings (SSSR count). The lowest BCUT2D eigenvalue weighted by atomic mass is 10.1. The Balaban J connectivity index is 1.29. The number of unbranched alkanes of at least 4 members (excludes halogenated alkanes) is 18. The highest BCUT2D eigenvalue weighted by atomic mass is 16.5. The summed E-state index contributed by atoms with van der Waals surface area (Å²) >= 11 is 0. The molecule has 5 nitrogen and oxygen atoms in total. The topological polar surface area (TPSA) is 60.0 Å². The van der Waals surface area contributed by atoms with Crippen molar-refractivity contribution in [2.24, 2.45) is 0 Å². The SMILES string of the molecule is CCCCCCCCCCCCOc1cc(OCCCCCCCCCCCC)cc(-c2cc(-c3cc4ccccc4cn3)[nH]n2)c1. The Morgan fingerprint density at radius 3 is 1.53 bits per heavy atom. The molecule has 1 N–H and O–H groups in total. The lowest BCUT2D eigenvalue weighted by Crippen LogP contribution is -2.01. The van der Waals surface area contributed by atoms with Gasteiger partial charge < -0.3 is 9.47 Å². The zero-order chi connectivity index (χ0) is 32.8. The molecule has 0 spiro atoms. The molecule has 2 heterocycles. The number of nitrogens with one attached hydrogen (secondary N) is 1. The van der Waals surface area contributed by atoms with Gasteiger partial charge >= 0.3 is 0 Å². The van der Waals surface area contributed by atoms with Crippen molar-refractivity contribution in [3.63, 3.8) is 0 Å². The molecule has 256 valence electrons. The van der Waals surface area contributed by atoms with Gasteiger partial charge in [-0.05, 0) is 42.5 Å². The number of pyridine rings is 1. The molecule has 0 fully saturated rings. The average Bonchev–Trinajstić information content (AvgIpc) is 3.60. The molecule has 0 unspecified atom stereocenters. The maximum Gasteiger partial charge on any atom is 0.123 e. The zero-order valence-electron chi connectivity index (χ0n) is 29.5. The second kappa shape index (κ2) is 22.3. The molecule has 0 aliphatic rings. The molecule has 2 aromatic carbocycles. The molecule has 0 aliphatic heterocycles. The Kier molecular flexibility index (Phi) is 17.3. The Labute approximate surface area is 285 Å². The van der Waals surface area contributed by atoms with E-state index < -0.39 is 0 Å². The maximum absolute atomic E-state index is 6.30. The summed E-state index contributed by atoms with van der Waals surface area (Å²) in [4.78, 5) is 4.68. The van der Waals surface area contributed by atoms with Crippen LogP contribution < -0.4 is 9.47 Å². The molecule has 0 radical (unpaired) electrons. The Morgan fingerprint density at radius 2 is 1.00 bits per heavy atom. The van der Waals surface area contributed by atoms with Crippen LogP contribution >= 0.6 is 0 Å². The van der Waals surface area contributed by atoms with Gasteiger partial charge in [-0.2, -0.15) is 5.10 Å². The second-order valence-electron chi connectivity index (χ2n) is 13.3. The van der Waals surface area contributed by atoms with Crippen LogP contribution in [0.25, 0.3) is 33.4 Å². The summed E-state index contributed by atoms with van der Waals surface area (Å²) in [5, 5.41) is 10.2. The minimum Gasteiger partial charge on any atom is -0.493 e. The quantitative estimate of drug-likeness (QED) is 0.0694. The third-order valence-electron chi connectivity index (χ3n) is 9.19. The molecule has 0 bridgehead atoms. The molecule has 0 saturated heterocycles. The van der Waals surface area contributed by atoms with Crippen LogP contribution in [0.2, 0.25) is 0 Å². The zero-order valence-corrected chi connectivity index (χ0v) is 29.5. The van der Waals surface area contributed by atoms with E-state index in [0.717, 1.165) is 65.6 Å². The van der Waals surface area contributed by atoms with Gasteiger partial charge in [-0.3, -0.25) is 10.1 Å². The van der Waals surface area contributed by atoms with Crippen molar-refractivity contribution in [3.8, 4) is 34.1 Å². The van der Waals surface area contributed by atoms with Crippen molar-refractivity contribution in [2.45, 2.75) is 142 Å². The molecule has 47 heavy (non-hydrogen) atoms. The first-order valence-electron chi connectivity index (χ1n) is 19.1. The first-order chi connectivity index (χ1) is 23.3. The van der Waals surface area contributed by atoms with Gasteiger partial charge in [0, 0.05) is 23.2 Å². The van der Waals surface area contributed by atoms with Crippen molar-refractivity contribution in [1.29, 1.82) is 0 Å². The molecule has 0 aliphatic carbocycles. The number of hydrogen-bond donors (Lipinski definition) is 1. The Bertz CT molecular complexity index is 1350. The van der Waals surface area contributed by atoms with Gasteiger partial charge in [-0.25, -0.2) is 0 Å². The van der Waals surface area contributed by atoms with Crippen molar-refractivity contribution >= 4 is 10.8 Å². The van der Waals surface area contributed by atoms with Crippen LogP contribution in [0.1, 0.15) is 142 Å². The predicted molar refractivity (Wildman–Crippen MR) is 199 cm³/mol. The molecule has 4 aromatic rings. The molecule has 0 atom stereocenters. The molecular weight excluding hydrogens is 578 g/mol. The third-order valence-corrected chi connectivity index (χ3v) is 9.19. The molecule has 0 amide bonds. The average molecular weight is 640 g/mol. The molecule has 0 saturated carbocycles. The van der Waals surface area contributed by atoms with Crippen LogP contribution in [0.15, 0.2) is 60.8 Å². The number of benzene rings is 2. The van der Waals surface area contributed by atoms with Gasteiger partial charge in [0.25, 0.3) is 0 Å². The van der Waals surface area contributed by atoms with Gasteiger partial charge in [-0.1, -0.05) is 154 Å². The van der Waals surface area contributed by atoms with Crippen LogP contribution in [0.4, 0.5) is 0 Å². The van der Waals surface area contributed by atoms with E-state index in [4.69, 9.17) is 9.47 Å². The fraction of sp³-hybridized carbons (Fsp3) is 0.571. The van der Waals surface area contributed by atoms with Crippen LogP contribution in [0.3, 0.4) is 0 Å². The van der Waals surface area contributed by atoms with E-state index in [-0.39, 0.29) is 0 Å². The standard InChI is InChI=1S/C42H61N3O2/c1-3-5-7-9-11-13-15-17-19-23-27-46-38-29-37(30-39(32-38)47-28-24-20-18-16-14-12-10-8-6-4-2)40-33-42(45-44-40)41-31-35-25-21-22-26-36(35)34-43-41/h21-22,25-26,29-34H,3-20,23-24,27-28H2,1-2H3,(H,44,45). The van der Waals surface area contributed by atoms with Gasteiger partial charge in [0.1, 0.15) is 11.5 Å². The van der Waals surface area contributed by atoms with Crippen molar-refractivity contribution in [2.75, 3.05) is 13.2 Å². The number of aromatic amines is 1. The normalized spacial score (nSPS) is 11.4. The fourth-order valence-corrected chi connectivity index (χ4v) is 6.28. The lowest BCUT2D eigenvalue weighted by molar-refractivity contribution is 0.290. The largest absolute Gasteiger partial charge is 0.493 e. The van der Waals surface area contributed by atoms with Crippen LogP contribution in [0, 0.1) is 0 Å². The number of fused-ring (bicyclic) bond motifs is 1. The van der Waals surface area contributed by atoms with Crippen molar-refractivity contribution in [3.05, 3.63) is 60.8 Å². The second-order valence-corrected chi connectivity index (χ2v) is 13.3. The highest BCUT2D eigenvalue weighted by Gasteiger charge is 2.12. The van der Waals surface area contributed by atoms with Crippen molar-refractivity contribution in [1.82, 2.24) is 15.2 Å². The summed E-state index contributed by atoms with van der Waals surface area (Å²) in [5.41, 5.74) is 3.64. The highest BCUT2D eigenvalue weighted by molar-refractivity contribution is 5.85. The Hall–Kier alpha value is -3.34. The fourth-order valence-electron chi connectivity index (χ4n) is 6.28. The number of ether oxygens (including phenoxy) is 2. The van der Waals surface area contributed by atoms with Crippen LogP contribution in [0.5, 0.6) is 11.5 Å². The molecular formula is C42H61N3O2. The first kappa shape index (κ1) is 36.5. The van der Waals surface area contributed by atoms with E-state index in [0.29, 0.717) is 0 Å². The van der Waals surface area contributed by atoms with Gasteiger partial charge in [0.15, 0.2) is 0 Å². The van der Waals surface area contributed by atoms with E-state index in [1.54, 1.807) is 0 Å². The monoisotopic (exact) mass is 639 g/mol. The molecule has 2 aromatic heterocycles. The Morgan fingerprint density at radius 1 is 0.511 bits per heavy atom. The van der Waals surface area contributed by atoms with E-state index >= 15 is 0 Å². The summed E-state index contributed by atoms with van der Waals surface area (Å²) in [7, 11) is 0. The predicted octanol–water partition coefficient (Wildman–Crippen LogP) is 12.9. The van der Waals surface area contributed by atoms with E-state index in [9.17, 15) is 0 Å². The number of aromatic nitrogens is 3. The highest BCUT2D eigenvalue weighted by Crippen LogP contribution is 2.32. The summed E-state index contributed by atoms with van der Waals surface area (Å²) in [6.45, 7) is 6.02. The van der Waals surface area contributed by atoms with E-state index in [1.165, 1.54) is 121 Å². The number of rotatable bonds is 26. The smallest absolute Gasteiger partial charge is 0.123 e. The van der Waals surface area contributed by atoms with E-state index in [1.807, 2.05) is 12.3 Å². The van der Waals surface area contributed by atoms with Crippen LogP contribution in [-0.2, 0) is 0 Å². The number of H-pyrrole nitrogens is 1. The minimum absolute atomic E-state index is 0.727. The van der Waals surface area contributed by atoms with Crippen molar-refractivity contribution < 1.29 is 9.47 Å². The molecule has 5 heteroatoms. The maximum atomic E-state index is 6.30. The first-order valence-corrected chi connectivity index (χ1v) is 19.1. The van der Waals surface area contributed by atoms with Gasteiger partial charge in [0.2, 0.25) is 0 Å². The summed E-state index contributed by atoms with van der Waals surface area (Å²) < 4.78 is 12.6. The summed E-state index contributed by atoms with van der Waals surface area (Å²) in [6.07, 6.45) is 28.3. The van der Waals surface area contributed by atoms with E-state index in [2.05, 4.69) is 77.6 Å². The summed E-state index contributed by atoms with van der Waals surface area (Å²) in [5.74, 6) is 1.70. The lowest BCUT2D eigenvalue weighted by Gasteiger charge is -2.12. The third kappa shape index (κ3) is 13.7.